The van der Waals surface area contributed by atoms with Crippen molar-refractivity contribution >= 4 is 49.6 Å². The molecule has 0 saturated heterocycles. The fourth-order valence-electron chi connectivity index (χ4n) is 3.46. The number of thioether (sulfide) groups is 1. The van der Waals surface area contributed by atoms with Gasteiger partial charge in [-0.05, 0) is 18.6 Å². The average Bonchev–Trinajstić information content (AvgIpc) is 3.39. The number of thiophene rings is 1. The van der Waals surface area contributed by atoms with Gasteiger partial charge in [-0.15, -0.1) is 29.3 Å². The molecule has 0 fully saturated rings. The van der Waals surface area contributed by atoms with Crippen molar-refractivity contribution in [3.63, 3.8) is 0 Å². The maximum absolute atomic E-state index is 13.2. The third kappa shape index (κ3) is 3.72. The summed E-state index contributed by atoms with van der Waals surface area (Å²) in [7, 11) is 0. The van der Waals surface area contributed by atoms with E-state index < -0.39 is 0 Å². The first-order valence-corrected chi connectivity index (χ1v) is 12.5. The number of hydrogen-bond acceptors (Lipinski definition) is 7. The van der Waals surface area contributed by atoms with Gasteiger partial charge in [0.2, 0.25) is 0 Å². The second-order valence-corrected chi connectivity index (χ2v) is 9.97. The Bertz CT molecular complexity index is 1580. The van der Waals surface area contributed by atoms with Crippen LogP contribution in [0.4, 0.5) is 0 Å². The highest BCUT2D eigenvalue weighted by molar-refractivity contribution is 7.98. The highest BCUT2D eigenvalue weighted by Crippen LogP contribution is 2.32. The van der Waals surface area contributed by atoms with E-state index in [1.165, 1.54) is 34.4 Å². The molecule has 0 aliphatic carbocycles. The van der Waals surface area contributed by atoms with E-state index in [-0.39, 0.29) is 11.1 Å². The van der Waals surface area contributed by atoms with Crippen molar-refractivity contribution in [1.29, 1.82) is 0 Å². The van der Waals surface area contributed by atoms with E-state index in [1.807, 2.05) is 48.7 Å². The van der Waals surface area contributed by atoms with Crippen LogP contribution >= 0.6 is 34.4 Å². The summed E-state index contributed by atoms with van der Waals surface area (Å²) in [6.45, 7) is 6.04. The minimum atomic E-state index is -0.0954. The van der Waals surface area contributed by atoms with Crippen LogP contribution in [0.5, 0.6) is 0 Å². The molecule has 1 aromatic carbocycles. The van der Waals surface area contributed by atoms with Crippen molar-refractivity contribution in [3.05, 3.63) is 92.6 Å². The molecule has 32 heavy (non-hydrogen) atoms. The first kappa shape index (κ1) is 20.9. The molecule has 0 N–H and O–H groups in total. The first-order valence-electron chi connectivity index (χ1n) is 9.85. The van der Waals surface area contributed by atoms with Gasteiger partial charge in [-0.1, -0.05) is 48.2 Å². The normalized spacial score (nSPS) is 11.4. The third-order valence-electron chi connectivity index (χ3n) is 4.96. The van der Waals surface area contributed by atoms with Crippen LogP contribution in [0.1, 0.15) is 11.4 Å². The molecule has 9 heteroatoms. The summed E-state index contributed by atoms with van der Waals surface area (Å²) in [5.74, 6) is 0.439. The van der Waals surface area contributed by atoms with Crippen LogP contribution in [0.2, 0.25) is 0 Å². The van der Waals surface area contributed by atoms with Crippen molar-refractivity contribution < 1.29 is 0 Å². The monoisotopic (exact) mass is 478 g/mol. The molecular weight excluding hydrogens is 460 g/mol. The minimum Gasteiger partial charge on any atom is -0.283 e. The molecular formula is C23H18N4O2S3. The molecule has 0 unspecified atom stereocenters. The number of nitrogens with zero attached hydrogens (tertiary/aromatic N) is 4. The summed E-state index contributed by atoms with van der Waals surface area (Å²) in [6.07, 6.45) is 1.69. The number of benzene rings is 1. The molecule has 0 spiro atoms. The maximum Gasteiger partial charge on any atom is 0.263 e. The van der Waals surface area contributed by atoms with Gasteiger partial charge in [0, 0.05) is 34.3 Å². The number of fused-ring (bicyclic) bond motifs is 2. The second kappa shape index (κ2) is 8.50. The Balaban J connectivity index is 1.54. The Labute approximate surface area is 195 Å². The lowest BCUT2D eigenvalue weighted by Gasteiger charge is -2.09. The van der Waals surface area contributed by atoms with Crippen LogP contribution in [0, 0.1) is 6.92 Å². The summed E-state index contributed by atoms with van der Waals surface area (Å²) in [5, 5.41) is 3.11. The van der Waals surface area contributed by atoms with Gasteiger partial charge in [0.15, 0.2) is 10.1 Å². The maximum atomic E-state index is 13.2. The van der Waals surface area contributed by atoms with Gasteiger partial charge in [-0.2, -0.15) is 0 Å². The average molecular weight is 479 g/mol. The molecule has 6 nitrogen and oxygen atoms in total. The van der Waals surface area contributed by atoms with Crippen LogP contribution in [0.15, 0.2) is 75.2 Å². The fourth-order valence-corrected chi connectivity index (χ4v) is 6.33. The number of hydrogen-bond donors (Lipinski definition) is 0. The predicted molar refractivity (Wildman–Crippen MR) is 133 cm³/mol. The molecule has 0 atom stereocenters. The molecule has 0 aliphatic rings. The molecule has 0 saturated carbocycles. The van der Waals surface area contributed by atoms with Gasteiger partial charge in [-0.3, -0.25) is 18.6 Å². The minimum absolute atomic E-state index is 0.0896. The summed E-state index contributed by atoms with van der Waals surface area (Å²) < 4.78 is 3.23. The number of rotatable bonds is 6. The van der Waals surface area contributed by atoms with Gasteiger partial charge < -0.3 is 0 Å². The summed E-state index contributed by atoms with van der Waals surface area (Å²) in [5.41, 5.74) is 2.41. The van der Waals surface area contributed by atoms with Crippen LogP contribution in [-0.2, 0) is 12.3 Å². The van der Waals surface area contributed by atoms with Gasteiger partial charge >= 0.3 is 0 Å². The highest BCUT2D eigenvalue weighted by Gasteiger charge is 2.16. The zero-order valence-corrected chi connectivity index (χ0v) is 19.6. The number of allylic oxidation sites excluding steroid dienone is 1. The standard InChI is InChI=1S/C23H18N4O2S3/c1-3-9-26-21(29)17-11-18(15-7-5-4-6-8-15)32-20(17)25-22(26)31-13-16-10-19(28)27-14(2)12-30-23(27)24-16/h3-8,10-12H,1,9,13H2,2H3. The van der Waals surface area contributed by atoms with E-state index in [4.69, 9.17) is 4.98 Å². The molecule has 0 radical (unpaired) electrons. The lowest BCUT2D eigenvalue weighted by Crippen LogP contribution is -2.22. The molecule has 4 heterocycles. The smallest absolute Gasteiger partial charge is 0.263 e. The van der Waals surface area contributed by atoms with Gasteiger partial charge in [-0.25, -0.2) is 9.97 Å². The van der Waals surface area contributed by atoms with Crippen molar-refractivity contribution in [2.75, 3.05) is 0 Å². The fraction of sp³-hybridized carbons (Fsp3) is 0.130. The Morgan fingerprint density at radius 3 is 2.75 bits per heavy atom. The quantitative estimate of drug-likeness (QED) is 0.196. The second-order valence-electron chi connectivity index (χ2n) is 7.16. The Morgan fingerprint density at radius 1 is 1.16 bits per heavy atom. The molecule has 0 aliphatic heterocycles. The summed E-state index contributed by atoms with van der Waals surface area (Å²) in [4.78, 5) is 37.5. The first-order chi connectivity index (χ1) is 15.5. The van der Waals surface area contributed by atoms with Crippen molar-refractivity contribution in [2.45, 2.75) is 24.4 Å². The van der Waals surface area contributed by atoms with E-state index in [0.29, 0.717) is 38.3 Å². The lowest BCUT2D eigenvalue weighted by atomic mass is 10.2. The highest BCUT2D eigenvalue weighted by atomic mass is 32.2. The van der Waals surface area contributed by atoms with Gasteiger partial charge in [0.05, 0.1) is 11.1 Å². The molecule has 4 aromatic heterocycles. The van der Waals surface area contributed by atoms with Gasteiger partial charge in [0.25, 0.3) is 11.1 Å². The third-order valence-corrected chi connectivity index (χ3v) is 8.00. The van der Waals surface area contributed by atoms with Crippen molar-refractivity contribution in [2.24, 2.45) is 0 Å². The summed E-state index contributed by atoms with van der Waals surface area (Å²) in [6, 6.07) is 13.4. The molecule has 5 rings (SSSR count). The molecule has 160 valence electrons. The topological polar surface area (TPSA) is 69.3 Å². The summed E-state index contributed by atoms with van der Waals surface area (Å²) >= 11 is 4.35. The molecule has 0 bridgehead atoms. The van der Waals surface area contributed by atoms with Crippen LogP contribution in [-0.4, -0.2) is 18.9 Å². The van der Waals surface area contributed by atoms with Crippen molar-refractivity contribution in [3.8, 4) is 10.4 Å². The van der Waals surface area contributed by atoms with Crippen LogP contribution < -0.4 is 11.1 Å². The Kier molecular flexibility index (Phi) is 5.54. The number of aryl methyl sites for hydroxylation is 1. The van der Waals surface area contributed by atoms with Gasteiger partial charge in [0.1, 0.15) is 4.83 Å². The van der Waals surface area contributed by atoms with E-state index >= 15 is 0 Å². The Morgan fingerprint density at radius 2 is 1.97 bits per heavy atom. The van der Waals surface area contributed by atoms with Crippen molar-refractivity contribution in [1.82, 2.24) is 18.9 Å². The molecule has 0 amide bonds. The predicted octanol–water partition coefficient (Wildman–Crippen LogP) is 4.98. The number of aromatic nitrogens is 4. The molecule has 5 aromatic rings. The zero-order chi connectivity index (χ0) is 22.2. The van der Waals surface area contributed by atoms with Crippen LogP contribution in [0.3, 0.4) is 0 Å². The largest absolute Gasteiger partial charge is 0.283 e. The van der Waals surface area contributed by atoms with Crippen LogP contribution in [0.25, 0.3) is 25.6 Å². The Hall–Kier alpha value is -3.01. The van der Waals surface area contributed by atoms with E-state index in [2.05, 4.69) is 11.6 Å². The van der Waals surface area contributed by atoms with E-state index in [1.54, 1.807) is 21.1 Å². The zero-order valence-electron chi connectivity index (χ0n) is 17.1. The van der Waals surface area contributed by atoms with E-state index in [0.717, 1.165) is 16.1 Å². The lowest BCUT2D eigenvalue weighted by molar-refractivity contribution is 0.672. The van der Waals surface area contributed by atoms with E-state index in [9.17, 15) is 9.59 Å². The number of thiazole rings is 1. The SMILES string of the molecule is C=CCn1c(SCc2cc(=O)n3c(C)csc3n2)nc2sc(-c3ccccc3)cc2c1=O.